The number of hydrogen-bond acceptors (Lipinski definition) is 5. The smallest absolute Gasteiger partial charge is 0.209 e. The number of Topliss-reactive ketones (excluding diaryl/α,β-unsaturated/α-hetero) is 1. The minimum absolute atomic E-state index is 0.112. The number of furan rings is 1. The second-order valence-electron chi connectivity index (χ2n) is 6.69. The van der Waals surface area contributed by atoms with Crippen LogP contribution in [0, 0.1) is 6.92 Å². The maximum atomic E-state index is 12.5. The first-order chi connectivity index (χ1) is 13.2. The van der Waals surface area contributed by atoms with Crippen LogP contribution in [0.2, 0.25) is 0 Å². The molecular weight excluding hydrogens is 358 g/mol. The highest BCUT2D eigenvalue weighted by atomic mass is 32.2. The second-order valence-corrected chi connectivity index (χ2v) is 7.63. The number of rotatable bonds is 6. The summed E-state index contributed by atoms with van der Waals surface area (Å²) in [6, 6.07) is 9.93. The van der Waals surface area contributed by atoms with Crippen LogP contribution in [-0.4, -0.2) is 26.7 Å². The number of H-pyrrole nitrogens is 1. The summed E-state index contributed by atoms with van der Waals surface area (Å²) in [5, 5.41) is 7.59. The average molecular weight is 379 g/mol. The molecule has 138 valence electrons. The van der Waals surface area contributed by atoms with E-state index in [-0.39, 0.29) is 5.78 Å². The van der Waals surface area contributed by atoms with Crippen LogP contribution in [0.3, 0.4) is 0 Å². The predicted octanol–water partition coefficient (Wildman–Crippen LogP) is 4.73. The van der Waals surface area contributed by atoms with Crippen molar-refractivity contribution >= 4 is 29.7 Å². The van der Waals surface area contributed by atoms with Crippen molar-refractivity contribution in [3.8, 4) is 0 Å². The molecule has 0 aliphatic heterocycles. The largest absolute Gasteiger partial charge is 0.462 e. The van der Waals surface area contributed by atoms with Crippen molar-refractivity contribution in [2.75, 3.05) is 5.75 Å². The fourth-order valence-corrected chi connectivity index (χ4v) is 3.92. The van der Waals surface area contributed by atoms with Gasteiger partial charge in [0.2, 0.25) is 5.16 Å². The molecule has 0 saturated heterocycles. The molecule has 3 aromatic rings. The van der Waals surface area contributed by atoms with Gasteiger partial charge >= 0.3 is 0 Å². The maximum absolute atomic E-state index is 12.5. The maximum Gasteiger partial charge on any atom is 0.209 e. The van der Waals surface area contributed by atoms with Crippen molar-refractivity contribution in [2.24, 2.45) is 0 Å². The van der Waals surface area contributed by atoms with Crippen molar-refractivity contribution in [2.45, 2.75) is 37.8 Å². The molecule has 0 atom stereocenters. The lowest BCUT2D eigenvalue weighted by molar-refractivity contribution is 0.102. The monoisotopic (exact) mass is 379 g/mol. The van der Waals surface area contributed by atoms with E-state index in [2.05, 4.69) is 27.3 Å². The number of carbonyl (C=O) groups is 1. The number of carbonyl (C=O) groups excluding carboxylic acids is 1. The Morgan fingerprint density at radius 1 is 1.19 bits per heavy atom. The summed E-state index contributed by atoms with van der Waals surface area (Å²) in [6.07, 6.45) is 8.31. The first kappa shape index (κ1) is 17.8. The molecule has 1 aliphatic rings. The van der Waals surface area contributed by atoms with Crippen LogP contribution in [0.5, 0.6) is 0 Å². The zero-order valence-electron chi connectivity index (χ0n) is 15.2. The molecule has 0 saturated carbocycles. The topological polar surface area (TPSA) is 71.8 Å². The van der Waals surface area contributed by atoms with Gasteiger partial charge in [0.25, 0.3) is 0 Å². The summed E-state index contributed by atoms with van der Waals surface area (Å²) in [6.45, 7) is 1.90. The van der Waals surface area contributed by atoms with E-state index >= 15 is 0 Å². The summed E-state index contributed by atoms with van der Waals surface area (Å²) >= 11 is 1.35. The Kier molecular flexibility index (Phi) is 5.25. The van der Waals surface area contributed by atoms with Gasteiger partial charge in [-0.3, -0.25) is 9.89 Å². The van der Waals surface area contributed by atoms with E-state index in [1.807, 2.05) is 31.2 Å². The Bertz CT molecular complexity index is 987. The van der Waals surface area contributed by atoms with E-state index in [0.717, 1.165) is 29.9 Å². The number of aromatic nitrogens is 3. The number of benzene rings is 1. The fourth-order valence-electron chi connectivity index (χ4n) is 3.22. The van der Waals surface area contributed by atoms with Gasteiger partial charge < -0.3 is 4.42 Å². The molecule has 0 bridgehead atoms. The van der Waals surface area contributed by atoms with Gasteiger partial charge in [0, 0.05) is 5.56 Å². The molecule has 0 amide bonds. The highest BCUT2D eigenvalue weighted by Crippen LogP contribution is 2.23. The van der Waals surface area contributed by atoms with Crippen molar-refractivity contribution in [3.05, 3.63) is 64.4 Å². The molecule has 0 fully saturated rings. The first-order valence-electron chi connectivity index (χ1n) is 9.12. The number of thioether (sulfide) groups is 1. The number of nitrogens with one attached hydrogen (secondary N) is 1. The highest BCUT2D eigenvalue weighted by molar-refractivity contribution is 7.99. The first-order valence-corrected chi connectivity index (χ1v) is 10.1. The summed E-state index contributed by atoms with van der Waals surface area (Å²) < 4.78 is 5.48. The number of nitrogens with zero attached hydrogens (tertiary/aromatic N) is 2. The number of aryl methyl sites for hydroxylation is 3. The SMILES string of the molecule is Cc1ccc(/C=C/c2nc(SCC(=O)c3ccc4c(c3)CCCC4)n[nH]2)o1. The van der Waals surface area contributed by atoms with Crippen molar-refractivity contribution < 1.29 is 9.21 Å². The third-order valence-electron chi connectivity index (χ3n) is 4.65. The Morgan fingerprint density at radius 2 is 2.04 bits per heavy atom. The molecule has 1 aliphatic carbocycles. The molecule has 0 spiro atoms. The molecular formula is C21H21N3O2S. The third-order valence-corrected chi connectivity index (χ3v) is 5.50. The molecule has 0 radical (unpaired) electrons. The summed E-state index contributed by atoms with van der Waals surface area (Å²) in [7, 11) is 0. The predicted molar refractivity (Wildman–Crippen MR) is 107 cm³/mol. The number of hydrogen-bond donors (Lipinski definition) is 1. The standard InChI is InChI=1S/C21H21N3O2S/c1-14-6-9-18(26-14)10-11-20-22-21(24-23-20)27-13-19(25)17-8-7-15-4-2-3-5-16(15)12-17/h6-12H,2-5,13H2,1H3,(H,22,23,24)/b11-10+. The van der Waals surface area contributed by atoms with Gasteiger partial charge in [0.1, 0.15) is 17.3 Å². The quantitative estimate of drug-likeness (QED) is 0.495. The highest BCUT2D eigenvalue weighted by Gasteiger charge is 2.14. The Morgan fingerprint density at radius 3 is 2.85 bits per heavy atom. The van der Waals surface area contributed by atoms with E-state index < -0.39 is 0 Å². The van der Waals surface area contributed by atoms with E-state index in [1.54, 1.807) is 6.08 Å². The van der Waals surface area contributed by atoms with Crippen molar-refractivity contribution in [1.82, 2.24) is 15.2 Å². The van der Waals surface area contributed by atoms with Gasteiger partial charge in [-0.1, -0.05) is 23.9 Å². The Labute approximate surface area is 162 Å². The van der Waals surface area contributed by atoms with E-state index in [0.29, 0.717) is 16.7 Å². The van der Waals surface area contributed by atoms with E-state index in [9.17, 15) is 4.79 Å². The van der Waals surface area contributed by atoms with Crippen LogP contribution < -0.4 is 0 Å². The Hall–Kier alpha value is -2.60. The summed E-state index contributed by atoms with van der Waals surface area (Å²) in [5.41, 5.74) is 3.50. The van der Waals surface area contributed by atoms with Gasteiger partial charge in [-0.05, 0) is 74.1 Å². The van der Waals surface area contributed by atoms with Gasteiger partial charge in [0.05, 0.1) is 5.75 Å². The van der Waals surface area contributed by atoms with Gasteiger partial charge in [0.15, 0.2) is 5.78 Å². The number of aromatic amines is 1. The molecule has 2 heterocycles. The van der Waals surface area contributed by atoms with Crippen LogP contribution >= 0.6 is 11.8 Å². The van der Waals surface area contributed by atoms with E-state index in [4.69, 9.17) is 4.42 Å². The normalized spacial score (nSPS) is 13.8. The summed E-state index contributed by atoms with van der Waals surface area (Å²) in [5.74, 6) is 2.70. The molecule has 1 N–H and O–H groups in total. The molecule has 4 rings (SSSR count). The lowest BCUT2D eigenvalue weighted by Crippen LogP contribution is -2.07. The lowest BCUT2D eigenvalue weighted by atomic mass is 9.90. The zero-order chi connectivity index (χ0) is 18.6. The lowest BCUT2D eigenvalue weighted by Gasteiger charge is -2.16. The van der Waals surface area contributed by atoms with Gasteiger partial charge in [-0.15, -0.1) is 5.10 Å². The van der Waals surface area contributed by atoms with Crippen molar-refractivity contribution in [1.29, 1.82) is 0 Å². The van der Waals surface area contributed by atoms with Crippen LogP contribution in [0.25, 0.3) is 12.2 Å². The van der Waals surface area contributed by atoms with Gasteiger partial charge in [-0.2, -0.15) is 0 Å². The van der Waals surface area contributed by atoms with E-state index in [1.165, 1.54) is 35.7 Å². The van der Waals surface area contributed by atoms with Crippen LogP contribution in [-0.2, 0) is 12.8 Å². The molecule has 2 aromatic heterocycles. The average Bonchev–Trinajstić information content (AvgIpc) is 3.32. The summed E-state index contributed by atoms with van der Waals surface area (Å²) in [4.78, 5) is 16.9. The zero-order valence-corrected chi connectivity index (χ0v) is 16.0. The molecule has 0 unspecified atom stereocenters. The second kappa shape index (κ2) is 7.96. The van der Waals surface area contributed by atoms with Crippen LogP contribution in [0.15, 0.2) is 39.9 Å². The fraction of sp³-hybridized carbons (Fsp3) is 0.286. The molecule has 1 aromatic carbocycles. The molecule has 27 heavy (non-hydrogen) atoms. The van der Waals surface area contributed by atoms with Crippen molar-refractivity contribution in [3.63, 3.8) is 0 Å². The Balaban J connectivity index is 1.35. The minimum atomic E-state index is 0.112. The number of fused-ring (bicyclic) bond motifs is 1. The van der Waals surface area contributed by atoms with Gasteiger partial charge in [-0.25, -0.2) is 4.98 Å². The molecule has 6 heteroatoms. The molecule has 5 nitrogen and oxygen atoms in total. The van der Waals surface area contributed by atoms with Crippen LogP contribution in [0.4, 0.5) is 0 Å². The van der Waals surface area contributed by atoms with Crippen LogP contribution in [0.1, 0.15) is 51.7 Å². The number of ketones is 1. The minimum Gasteiger partial charge on any atom is -0.462 e. The third kappa shape index (κ3) is 4.39.